The highest BCUT2D eigenvalue weighted by Crippen LogP contribution is 2.34. The number of nitrogens with one attached hydrogen (secondary N) is 2. The molecule has 0 aliphatic carbocycles. The highest BCUT2D eigenvalue weighted by atomic mass is 35.5. The second-order valence-electron chi connectivity index (χ2n) is 12.0. The van der Waals surface area contributed by atoms with Gasteiger partial charge in [-0.1, -0.05) is 38.1 Å². The molecule has 2 aliphatic rings. The fourth-order valence-electron chi connectivity index (χ4n) is 5.57. The minimum Gasteiger partial charge on any atom is -0.494 e. The molecule has 0 spiro atoms. The second kappa shape index (κ2) is 14.3. The Balaban J connectivity index is 1.06. The van der Waals surface area contributed by atoms with Gasteiger partial charge in [-0.25, -0.2) is 0 Å². The van der Waals surface area contributed by atoms with Crippen LogP contribution in [0.25, 0.3) is 0 Å². The summed E-state index contributed by atoms with van der Waals surface area (Å²) in [7, 11) is 0. The summed E-state index contributed by atoms with van der Waals surface area (Å²) < 4.78 is 11.5. The van der Waals surface area contributed by atoms with Crippen LogP contribution in [0.5, 0.6) is 11.5 Å². The first-order chi connectivity index (χ1) is 22.1. The van der Waals surface area contributed by atoms with Crippen molar-refractivity contribution < 1.29 is 33.8 Å². The van der Waals surface area contributed by atoms with E-state index in [4.69, 9.17) is 21.1 Å². The van der Waals surface area contributed by atoms with Crippen molar-refractivity contribution in [2.75, 3.05) is 31.0 Å². The van der Waals surface area contributed by atoms with E-state index in [9.17, 15) is 24.3 Å². The average Bonchev–Trinajstić information content (AvgIpc) is 3.30. The summed E-state index contributed by atoms with van der Waals surface area (Å²) in [6.07, 6.45) is 1.14. The molecule has 11 heteroatoms. The zero-order valence-corrected chi connectivity index (χ0v) is 26.6. The summed E-state index contributed by atoms with van der Waals surface area (Å²) in [6, 6.07) is 19.9. The number of benzene rings is 3. The number of rotatable bonds is 14. The summed E-state index contributed by atoms with van der Waals surface area (Å²) in [5.41, 5.74) is 3.24. The molecule has 2 aliphatic heterocycles. The van der Waals surface area contributed by atoms with Gasteiger partial charge < -0.3 is 19.9 Å². The lowest BCUT2D eigenvalue weighted by Crippen LogP contribution is -2.54. The zero-order chi connectivity index (χ0) is 32.8. The van der Waals surface area contributed by atoms with Crippen LogP contribution < -0.4 is 20.1 Å². The van der Waals surface area contributed by atoms with E-state index in [0.717, 1.165) is 34.6 Å². The topological polar surface area (TPSA) is 134 Å². The van der Waals surface area contributed by atoms with E-state index in [0.29, 0.717) is 24.6 Å². The van der Waals surface area contributed by atoms with Crippen molar-refractivity contribution in [3.8, 4) is 11.5 Å². The molecule has 0 bridgehead atoms. The molecule has 4 amide bonds. The molecule has 0 radical (unpaired) electrons. The van der Waals surface area contributed by atoms with Crippen LogP contribution in [0.15, 0.2) is 66.7 Å². The van der Waals surface area contributed by atoms with Gasteiger partial charge in [-0.3, -0.25) is 29.4 Å². The van der Waals surface area contributed by atoms with Crippen molar-refractivity contribution in [1.29, 1.82) is 0 Å². The summed E-state index contributed by atoms with van der Waals surface area (Å²) in [5, 5.41) is 15.1. The lowest BCUT2D eigenvalue weighted by atomic mass is 9.78. The molecular weight excluding hydrogens is 610 g/mol. The van der Waals surface area contributed by atoms with Crippen LogP contribution in [0.2, 0.25) is 0 Å². The van der Waals surface area contributed by atoms with Gasteiger partial charge in [0.15, 0.2) is 0 Å². The normalized spacial score (nSPS) is 17.0. The van der Waals surface area contributed by atoms with Crippen molar-refractivity contribution in [3.05, 3.63) is 89.0 Å². The number of alkyl halides is 1. The van der Waals surface area contributed by atoms with Crippen LogP contribution in [0.4, 0.5) is 5.69 Å². The molecule has 2 atom stereocenters. The molecule has 242 valence electrons. The maximum Gasteiger partial charge on any atom is 0.262 e. The number of hydrogen-bond donors (Lipinski definition) is 3. The SMILES string of the molecule is CC(C)(c1ccc(OCCCCNc2ccc3c(c2)C(=O)N(C2CCC(=O)NC2=O)C3=O)cc1)c1ccc(OCC(O)CCl)cc1. The minimum atomic E-state index is -0.981. The number of amides is 4. The van der Waals surface area contributed by atoms with Gasteiger partial charge in [0, 0.05) is 24.1 Å². The van der Waals surface area contributed by atoms with E-state index in [1.165, 1.54) is 0 Å². The van der Waals surface area contributed by atoms with Crippen molar-refractivity contribution in [2.45, 2.75) is 57.1 Å². The first-order valence-corrected chi connectivity index (χ1v) is 15.9. The zero-order valence-electron chi connectivity index (χ0n) is 25.9. The van der Waals surface area contributed by atoms with Gasteiger partial charge in [-0.15, -0.1) is 11.6 Å². The van der Waals surface area contributed by atoms with Crippen LogP contribution in [0.3, 0.4) is 0 Å². The molecule has 0 saturated carbocycles. The molecule has 0 aromatic heterocycles. The molecule has 10 nitrogen and oxygen atoms in total. The Morgan fingerprint density at radius 3 is 2.17 bits per heavy atom. The maximum absolute atomic E-state index is 13.0. The number of anilines is 1. The largest absolute Gasteiger partial charge is 0.494 e. The number of halogens is 1. The third-order valence-corrected chi connectivity index (χ3v) is 8.74. The van der Waals surface area contributed by atoms with E-state index in [1.54, 1.807) is 18.2 Å². The van der Waals surface area contributed by atoms with Gasteiger partial charge in [-0.05, 0) is 72.9 Å². The fourth-order valence-corrected chi connectivity index (χ4v) is 5.66. The van der Waals surface area contributed by atoms with Crippen molar-refractivity contribution >= 4 is 40.9 Å². The highest BCUT2D eigenvalue weighted by molar-refractivity contribution is 6.23. The Morgan fingerprint density at radius 1 is 0.913 bits per heavy atom. The number of nitrogens with zero attached hydrogens (tertiary/aromatic N) is 1. The minimum absolute atomic E-state index is 0.0832. The molecule has 3 aromatic carbocycles. The van der Waals surface area contributed by atoms with Crippen LogP contribution in [0.1, 0.15) is 71.4 Å². The molecule has 2 unspecified atom stereocenters. The predicted molar refractivity (Wildman–Crippen MR) is 174 cm³/mol. The Kier molecular flexibility index (Phi) is 10.3. The monoisotopic (exact) mass is 647 g/mol. The van der Waals surface area contributed by atoms with Gasteiger partial charge in [0.2, 0.25) is 11.8 Å². The number of aliphatic hydroxyl groups excluding tert-OH is 1. The molecule has 2 heterocycles. The van der Waals surface area contributed by atoms with Gasteiger partial charge in [0.25, 0.3) is 11.8 Å². The lowest BCUT2D eigenvalue weighted by molar-refractivity contribution is -0.136. The number of carbonyl (C=O) groups is 4. The number of carbonyl (C=O) groups excluding carboxylic acids is 4. The summed E-state index contributed by atoms with van der Waals surface area (Å²) in [5.74, 6) is -0.472. The van der Waals surface area contributed by atoms with Gasteiger partial charge in [-0.2, -0.15) is 0 Å². The number of fused-ring (bicyclic) bond motifs is 1. The first-order valence-electron chi connectivity index (χ1n) is 15.4. The van der Waals surface area contributed by atoms with Crippen LogP contribution in [0, 0.1) is 0 Å². The summed E-state index contributed by atoms with van der Waals surface area (Å²) in [4.78, 5) is 50.6. The van der Waals surface area contributed by atoms with Gasteiger partial charge >= 0.3 is 0 Å². The Morgan fingerprint density at radius 2 is 1.54 bits per heavy atom. The Hall–Kier alpha value is -4.41. The number of unbranched alkanes of at least 4 members (excludes halogenated alkanes) is 1. The van der Waals surface area contributed by atoms with Crippen LogP contribution >= 0.6 is 11.6 Å². The standard InChI is InChI=1S/C35H38ClN3O7/c1-35(2,23-7-12-27(13-8-23)46-21-25(40)20-36)22-5-10-26(11-6-22)45-18-4-3-17-37-24-9-14-28-29(19-24)34(44)39(33(28)43)30-15-16-31(41)38-32(30)42/h5-14,19,25,30,37,40H,3-4,15-18,20-21H2,1-2H3,(H,38,41,42). The molecule has 3 aromatic rings. The molecule has 1 fully saturated rings. The third kappa shape index (κ3) is 7.35. The Bertz CT molecular complexity index is 1590. The van der Waals surface area contributed by atoms with Crippen molar-refractivity contribution in [2.24, 2.45) is 0 Å². The molecule has 5 rings (SSSR count). The van der Waals surface area contributed by atoms with Gasteiger partial charge in [0.05, 0.1) is 23.6 Å². The summed E-state index contributed by atoms with van der Waals surface area (Å²) in [6.45, 7) is 5.66. The number of imide groups is 2. The van der Waals surface area contributed by atoms with E-state index in [-0.39, 0.29) is 41.9 Å². The second-order valence-corrected chi connectivity index (χ2v) is 12.3. The van der Waals surface area contributed by atoms with Crippen molar-refractivity contribution in [3.63, 3.8) is 0 Å². The van der Waals surface area contributed by atoms with E-state index in [2.05, 4.69) is 36.6 Å². The van der Waals surface area contributed by atoms with E-state index < -0.39 is 35.8 Å². The number of ether oxygens (including phenoxy) is 2. The predicted octanol–water partition coefficient (Wildman–Crippen LogP) is 4.66. The number of piperidine rings is 1. The number of hydrogen-bond acceptors (Lipinski definition) is 8. The average molecular weight is 648 g/mol. The van der Waals surface area contributed by atoms with Crippen LogP contribution in [-0.2, 0) is 15.0 Å². The maximum atomic E-state index is 13.0. The molecule has 3 N–H and O–H groups in total. The van der Waals surface area contributed by atoms with E-state index in [1.807, 2.05) is 36.4 Å². The van der Waals surface area contributed by atoms with Crippen molar-refractivity contribution in [1.82, 2.24) is 10.2 Å². The molecule has 1 saturated heterocycles. The summed E-state index contributed by atoms with van der Waals surface area (Å²) >= 11 is 5.63. The molecule has 46 heavy (non-hydrogen) atoms. The highest BCUT2D eigenvalue weighted by Gasteiger charge is 2.44. The lowest BCUT2D eigenvalue weighted by Gasteiger charge is -2.27. The van der Waals surface area contributed by atoms with E-state index >= 15 is 0 Å². The smallest absolute Gasteiger partial charge is 0.262 e. The first kappa shape index (κ1) is 33.0. The van der Waals surface area contributed by atoms with Crippen LogP contribution in [-0.4, -0.2) is 71.4 Å². The van der Waals surface area contributed by atoms with Gasteiger partial charge in [0.1, 0.15) is 30.3 Å². The third-order valence-electron chi connectivity index (χ3n) is 8.38. The fraction of sp³-hybridized carbons (Fsp3) is 0.371. The quantitative estimate of drug-likeness (QED) is 0.131. The number of aliphatic hydroxyl groups is 1. The molecular formula is C35H38ClN3O7. The Labute approximate surface area is 273 Å².